The van der Waals surface area contributed by atoms with E-state index in [1.807, 2.05) is 27.7 Å². The number of carbonyl (C=O) groups excluding carboxylic acids is 2. The Morgan fingerprint density at radius 1 is 1.07 bits per heavy atom. The Morgan fingerprint density at radius 2 is 1.53 bits per heavy atom. The number of hydrogen-bond donors (Lipinski definition) is 0. The molecule has 15 heavy (non-hydrogen) atoms. The number of carbonyl (C=O) groups is 2. The first kappa shape index (κ1) is 14.1. The molecule has 0 aromatic carbocycles. The normalized spacial score (nSPS) is 25.3. The summed E-state index contributed by atoms with van der Waals surface area (Å²) in [5, 5.41) is 0. The summed E-state index contributed by atoms with van der Waals surface area (Å²) in [6.45, 7) is 8.01. The summed E-state index contributed by atoms with van der Waals surface area (Å²) in [5.74, 6) is -0.0883. The molecule has 3 nitrogen and oxygen atoms in total. The zero-order valence-corrected chi connectivity index (χ0v) is 10.5. The van der Waals surface area contributed by atoms with E-state index in [-0.39, 0.29) is 23.7 Å². The SMILES string of the molecule is CC.CCCC1C(=O)N(C)C(=O)C1CC. The molecule has 2 atom stereocenters. The summed E-state index contributed by atoms with van der Waals surface area (Å²) in [6, 6.07) is 0. The first-order chi connectivity index (χ1) is 7.13. The van der Waals surface area contributed by atoms with Crippen molar-refractivity contribution in [1.29, 1.82) is 0 Å². The molecule has 1 saturated heterocycles. The van der Waals surface area contributed by atoms with Crippen molar-refractivity contribution in [2.24, 2.45) is 11.8 Å². The van der Waals surface area contributed by atoms with Crippen molar-refractivity contribution >= 4 is 11.8 Å². The van der Waals surface area contributed by atoms with E-state index in [2.05, 4.69) is 0 Å². The van der Waals surface area contributed by atoms with Crippen molar-refractivity contribution in [2.45, 2.75) is 47.0 Å². The van der Waals surface area contributed by atoms with Crippen LogP contribution in [0, 0.1) is 11.8 Å². The van der Waals surface area contributed by atoms with Crippen LogP contribution in [0.1, 0.15) is 47.0 Å². The van der Waals surface area contributed by atoms with Gasteiger partial charge in [0.05, 0.1) is 5.92 Å². The molecular formula is C12H23NO2. The molecule has 3 heteroatoms. The molecule has 1 aliphatic rings. The summed E-state index contributed by atoms with van der Waals surface area (Å²) >= 11 is 0. The van der Waals surface area contributed by atoms with Gasteiger partial charge in [0.1, 0.15) is 0 Å². The lowest BCUT2D eigenvalue weighted by molar-refractivity contribution is -0.138. The van der Waals surface area contributed by atoms with Gasteiger partial charge in [-0.15, -0.1) is 0 Å². The Kier molecular flexibility index (Phi) is 6.21. The van der Waals surface area contributed by atoms with E-state index in [1.165, 1.54) is 4.90 Å². The molecule has 0 radical (unpaired) electrons. The van der Waals surface area contributed by atoms with Crippen LogP contribution < -0.4 is 0 Å². The number of amides is 2. The Labute approximate surface area is 92.8 Å². The van der Waals surface area contributed by atoms with Crippen LogP contribution in [0.3, 0.4) is 0 Å². The van der Waals surface area contributed by atoms with Gasteiger partial charge in [-0.1, -0.05) is 34.1 Å². The van der Waals surface area contributed by atoms with Gasteiger partial charge in [0, 0.05) is 13.0 Å². The number of nitrogens with zero attached hydrogens (tertiary/aromatic N) is 1. The van der Waals surface area contributed by atoms with Crippen LogP contribution in [0.5, 0.6) is 0 Å². The van der Waals surface area contributed by atoms with Crippen LogP contribution in [0.25, 0.3) is 0 Å². The van der Waals surface area contributed by atoms with Gasteiger partial charge < -0.3 is 0 Å². The Morgan fingerprint density at radius 3 is 1.93 bits per heavy atom. The molecule has 2 amide bonds. The van der Waals surface area contributed by atoms with E-state index >= 15 is 0 Å². The summed E-state index contributed by atoms with van der Waals surface area (Å²) in [5.41, 5.74) is 0. The second kappa shape index (κ2) is 6.59. The number of hydrogen-bond acceptors (Lipinski definition) is 2. The lowest BCUT2D eigenvalue weighted by Crippen LogP contribution is -2.26. The zero-order valence-electron chi connectivity index (χ0n) is 10.5. The molecule has 0 aliphatic carbocycles. The van der Waals surface area contributed by atoms with Gasteiger partial charge in [-0.2, -0.15) is 0 Å². The smallest absolute Gasteiger partial charge is 0.232 e. The van der Waals surface area contributed by atoms with E-state index in [0.29, 0.717) is 0 Å². The molecule has 1 aliphatic heterocycles. The molecule has 0 aromatic heterocycles. The Bertz CT molecular complexity index is 226. The predicted octanol–water partition coefficient (Wildman–Crippen LogP) is 2.45. The average Bonchev–Trinajstić information content (AvgIpc) is 2.47. The van der Waals surface area contributed by atoms with Crippen LogP contribution in [0.4, 0.5) is 0 Å². The standard InChI is InChI=1S/C10H17NO2.C2H6/c1-4-6-8-7(5-2)9(12)11(3)10(8)13;1-2/h7-8H,4-6H2,1-3H3;1-2H3. The minimum Gasteiger partial charge on any atom is -0.285 e. The third kappa shape index (κ3) is 2.80. The molecule has 1 heterocycles. The number of likely N-dealkylation sites (tertiary alicyclic amines) is 1. The highest BCUT2D eigenvalue weighted by Gasteiger charge is 2.43. The minimum atomic E-state index is -0.0579. The van der Waals surface area contributed by atoms with Gasteiger partial charge >= 0.3 is 0 Å². The van der Waals surface area contributed by atoms with Crippen LogP contribution in [-0.4, -0.2) is 23.8 Å². The van der Waals surface area contributed by atoms with Gasteiger partial charge in [0.25, 0.3) is 0 Å². The molecule has 1 rings (SSSR count). The van der Waals surface area contributed by atoms with Crippen molar-refractivity contribution < 1.29 is 9.59 Å². The first-order valence-corrected chi connectivity index (χ1v) is 5.94. The largest absolute Gasteiger partial charge is 0.285 e. The second-order valence-electron chi connectivity index (χ2n) is 3.65. The molecule has 0 N–H and O–H groups in total. The third-order valence-electron chi connectivity index (χ3n) is 2.82. The van der Waals surface area contributed by atoms with Gasteiger partial charge in [0.2, 0.25) is 11.8 Å². The van der Waals surface area contributed by atoms with Crippen LogP contribution in [0.15, 0.2) is 0 Å². The van der Waals surface area contributed by atoms with E-state index in [4.69, 9.17) is 0 Å². The molecule has 0 aromatic rings. The van der Waals surface area contributed by atoms with Crippen molar-refractivity contribution in [3.05, 3.63) is 0 Å². The molecule has 0 bridgehead atoms. The van der Waals surface area contributed by atoms with Gasteiger partial charge in [0.15, 0.2) is 0 Å². The maximum Gasteiger partial charge on any atom is 0.232 e. The van der Waals surface area contributed by atoms with Crippen molar-refractivity contribution in [3.8, 4) is 0 Å². The number of rotatable bonds is 3. The molecule has 0 spiro atoms. The zero-order chi connectivity index (χ0) is 12.0. The van der Waals surface area contributed by atoms with Crippen molar-refractivity contribution in [3.63, 3.8) is 0 Å². The molecule has 2 unspecified atom stereocenters. The van der Waals surface area contributed by atoms with Crippen molar-refractivity contribution in [2.75, 3.05) is 7.05 Å². The predicted molar refractivity (Wildman–Crippen MR) is 61.3 cm³/mol. The van der Waals surface area contributed by atoms with E-state index in [1.54, 1.807) is 7.05 Å². The van der Waals surface area contributed by atoms with Crippen LogP contribution >= 0.6 is 0 Å². The van der Waals surface area contributed by atoms with Gasteiger partial charge in [-0.3, -0.25) is 14.5 Å². The fraction of sp³-hybridized carbons (Fsp3) is 0.833. The highest BCUT2D eigenvalue weighted by Crippen LogP contribution is 2.30. The summed E-state index contributed by atoms with van der Waals surface area (Å²) in [4.78, 5) is 24.4. The Balaban J connectivity index is 0.000000921. The lowest BCUT2D eigenvalue weighted by Gasteiger charge is -2.10. The summed E-state index contributed by atoms with van der Waals surface area (Å²) in [7, 11) is 1.59. The first-order valence-electron chi connectivity index (χ1n) is 5.94. The highest BCUT2D eigenvalue weighted by molar-refractivity contribution is 6.04. The van der Waals surface area contributed by atoms with Gasteiger partial charge in [-0.25, -0.2) is 0 Å². The van der Waals surface area contributed by atoms with Crippen molar-refractivity contribution in [1.82, 2.24) is 4.90 Å². The molecular weight excluding hydrogens is 190 g/mol. The highest BCUT2D eigenvalue weighted by atomic mass is 16.2. The molecule has 88 valence electrons. The molecule has 0 saturated carbocycles. The van der Waals surface area contributed by atoms with Crippen LogP contribution in [-0.2, 0) is 9.59 Å². The summed E-state index contributed by atoms with van der Waals surface area (Å²) in [6.07, 6.45) is 2.58. The fourth-order valence-corrected chi connectivity index (χ4v) is 2.05. The van der Waals surface area contributed by atoms with E-state index in [0.717, 1.165) is 19.3 Å². The summed E-state index contributed by atoms with van der Waals surface area (Å²) < 4.78 is 0. The minimum absolute atomic E-state index is 0.00551. The third-order valence-corrected chi connectivity index (χ3v) is 2.82. The quantitative estimate of drug-likeness (QED) is 0.675. The average molecular weight is 213 g/mol. The topological polar surface area (TPSA) is 37.4 Å². The van der Waals surface area contributed by atoms with Crippen LogP contribution in [0.2, 0.25) is 0 Å². The fourth-order valence-electron chi connectivity index (χ4n) is 2.05. The Hall–Kier alpha value is -0.860. The lowest BCUT2D eigenvalue weighted by atomic mass is 9.89. The molecule has 1 fully saturated rings. The maximum absolute atomic E-state index is 11.6. The monoisotopic (exact) mass is 213 g/mol. The van der Waals surface area contributed by atoms with E-state index in [9.17, 15) is 9.59 Å². The maximum atomic E-state index is 11.6. The van der Waals surface area contributed by atoms with E-state index < -0.39 is 0 Å². The van der Waals surface area contributed by atoms with Gasteiger partial charge in [-0.05, 0) is 12.8 Å². The number of imide groups is 1. The second-order valence-corrected chi connectivity index (χ2v) is 3.65.